The lowest BCUT2D eigenvalue weighted by Crippen LogP contribution is -2.37. The van der Waals surface area contributed by atoms with Crippen LogP contribution >= 0.6 is 8.01 Å². The fourth-order valence-corrected chi connectivity index (χ4v) is 6.17. The molecular formula is C28H30NO2P. The van der Waals surface area contributed by atoms with Crippen LogP contribution < -0.4 is 0 Å². The van der Waals surface area contributed by atoms with Crippen molar-refractivity contribution in [3.8, 4) is 0 Å². The maximum Gasteiger partial charge on any atom is 0.217 e. The zero-order valence-corrected chi connectivity index (χ0v) is 20.1. The van der Waals surface area contributed by atoms with Crippen molar-refractivity contribution in [3.05, 3.63) is 72.8 Å². The van der Waals surface area contributed by atoms with E-state index in [2.05, 4.69) is 105 Å². The second-order valence-corrected chi connectivity index (χ2v) is 10.5. The van der Waals surface area contributed by atoms with E-state index in [0.717, 1.165) is 34.6 Å². The van der Waals surface area contributed by atoms with Gasteiger partial charge < -0.3 is 8.39 Å². The Balaban J connectivity index is 1.82. The van der Waals surface area contributed by atoms with Gasteiger partial charge in [-0.1, -0.05) is 60.7 Å². The second kappa shape index (κ2) is 8.65. The smallest absolute Gasteiger partial charge is 0.217 e. The van der Waals surface area contributed by atoms with Gasteiger partial charge in [0.1, 0.15) is 11.2 Å². The van der Waals surface area contributed by atoms with Gasteiger partial charge in [0, 0.05) is 29.4 Å². The zero-order valence-electron chi connectivity index (χ0n) is 19.2. The fourth-order valence-electron chi connectivity index (χ4n) is 4.81. The maximum atomic E-state index is 6.62. The highest BCUT2D eigenvalue weighted by Crippen LogP contribution is 2.41. The van der Waals surface area contributed by atoms with Crippen LogP contribution in [0.3, 0.4) is 0 Å². The molecule has 0 N–H and O–H groups in total. The summed E-state index contributed by atoms with van der Waals surface area (Å²) in [4.78, 5) is 2.50. The molecule has 4 aromatic carbocycles. The summed E-state index contributed by atoms with van der Waals surface area (Å²) in [6.07, 6.45) is 0.865. The summed E-state index contributed by atoms with van der Waals surface area (Å²) < 4.78 is 13.2. The standard InChI is InChI=1S/C28H30NO2P/c1-19(2)29(20(3)4)17-18-32-30-25-15-13-21-9-5-7-11-23(21)27(25)28-24-12-8-6-10-22(24)14-16-26(28)31-32/h5-16,19-20H,17-18H2,1-4H3. The average Bonchev–Trinajstić information content (AvgIpc) is 2.95. The summed E-state index contributed by atoms with van der Waals surface area (Å²) in [5.74, 6) is 0. The Morgan fingerprint density at radius 3 is 1.59 bits per heavy atom. The number of hydrogen-bond acceptors (Lipinski definition) is 3. The van der Waals surface area contributed by atoms with Crippen LogP contribution in [0.1, 0.15) is 27.7 Å². The van der Waals surface area contributed by atoms with E-state index in [1.54, 1.807) is 0 Å². The van der Waals surface area contributed by atoms with Crippen molar-refractivity contribution in [2.24, 2.45) is 0 Å². The molecule has 0 saturated carbocycles. The predicted octanol–water partition coefficient (Wildman–Crippen LogP) is 8.72. The molecule has 0 spiro atoms. The Labute approximate surface area is 190 Å². The Bertz CT molecular complexity index is 1350. The molecule has 0 aliphatic carbocycles. The molecule has 1 heterocycles. The molecule has 0 bridgehead atoms. The van der Waals surface area contributed by atoms with Gasteiger partial charge in [0.25, 0.3) is 0 Å². The van der Waals surface area contributed by atoms with Crippen molar-refractivity contribution >= 4 is 51.5 Å². The SMILES string of the molecule is CC(C)N(CCp1oc2ccc3ccccc3c2c2c(ccc3ccccc32)o1)C(C)C. The van der Waals surface area contributed by atoms with E-state index in [4.69, 9.17) is 8.39 Å². The Morgan fingerprint density at radius 2 is 1.12 bits per heavy atom. The molecule has 0 atom stereocenters. The van der Waals surface area contributed by atoms with Gasteiger partial charge in [0.2, 0.25) is 8.01 Å². The van der Waals surface area contributed by atoms with E-state index < -0.39 is 8.01 Å². The Hall–Kier alpha value is -2.74. The third kappa shape index (κ3) is 3.81. The van der Waals surface area contributed by atoms with Crippen LogP contribution in [0, 0.1) is 0 Å². The van der Waals surface area contributed by atoms with Crippen LogP contribution in [-0.2, 0) is 6.16 Å². The fraction of sp³-hybridized carbons (Fsp3) is 0.286. The number of benzene rings is 4. The van der Waals surface area contributed by atoms with Gasteiger partial charge in [-0.05, 0) is 61.4 Å². The van der Waals surface area contributed by atoms with E-state index in [1.165, 1.54) is 21.5 Å². The van der Waals surface area contributed by atoms with Gasteiger partial charge in [0.15, 0.2) is 0 Å². The second-order valence-electron chi connectivity index (χ2n) is 8.98. The summed E-state index contributed by atoms with van der Waals surface area (Å²) in [5.41, 5.74) is 1.84. The van der Waals surface area contributed by atoms with Crippen LogP contribution in [0.15, 0.2) is 81.2 Å². The molecule has 32 heavy (non-hydrogen) atoms. The molecule has 0 radical (unpaired) electrons. The van der Waals surface area contributed by atoms with Crippen molar-refractivity contribution < 1.29 is 8.39 Å². The minimum Gasteiger partial charge on any atom is -0.419 e. The Kier molecular flexibility index (Phi) is 5.71. The molecular weight excluding hydrogens is 413 g/mol. The number of rotatable bonds is 5. The van der Waals surface area contributed by atoms with Crippen molar-refractivity contribution in [2.45, 2.75) is 45.9 Å². The lowest BCUT2D eigenvalue weighted by molar-refractivity contribution is 0.181. The first-order valence-electron chi connectivity index (χ1n) is 11.5. The van der Waals surface area contributed by atoms with E-state index in [-0.39, 0.29) is 0 Å². The van der Waals surface area contributed by atoms with Crippen molar-refractivity contribution in [3.63, 3.8) is 0 Å². The zero-order chi connectivity index (χ0) is 22.2. The first kappa shape index (κ1) is 21.1. The number of fused-ring (bicyclic) bond motifs is 7. The molecule has 164 valence electrons. The third-order valence-electron chi connectivity index (χ3n) is 6.30. The largest absolute Gasteiger partial charge is 0.419 e. The first-order chi connectivity index (χ1) is 15.5. The molecule has 1 aromatic heterocycles. The minimum atomic E-state index is -1.11. The summed E-state index contributed by atoms with van der Waals surface area (Å²) in [6, 6.07) is 26.6. The van der Waals surface area contributed by atoms with Crippen LogP contribution in [0.25, 0.3) is 43.5 Å². The normalized spacial score (nSPS) is 12.2. The predicted molar refractivity (Wildman–Crippen MR) is 138 cm³/mol. The highest BCUT2D eigenvalue weighted by Gasteiger charge is 2.16. The van der Waals surface area contributed by atoms with Gasteiger partial charge in [-0.2, -0.15) is 0 Å². The molecule has 0 aliphatic heterocycles. The summed E-state index contributed by atoms with van der Waals surface area (Å²) in [7, 11) is -1.11. The van der Waals surface area contributed by atoms with Gasteiger partial charge in [-0.3, -0.25) is 4.90 Å². The van der Waals surface area contributed by atoms with Crippen molar-refractivity contribution in [2.75, 3.05) is 6.54 Å². The summed E-state index contributed by atoms with van der Waals surface area (Å²) in [5, 5.41) is 7.12. The lowest BCUT2D eigenvalue weighted by Gasteiger charge is -2.29. The topological polar surface area (TPSA) is 29.5 Å². The highest BCUT2D eigenvalue weighted by molar-refractivity contribution is 7.36. The van der Waals surface area contributed by atoms with Gasteiger partial charge in [-0.25, -0.2) is 0 Å². The first-order valence-corrected chi connectivity index (χ1v) is 12.8. The lowest BCUT2D eigenvalue weighted by atomic mass is 9.99. The monoisotopic (exact) mass is 443 g/mol. The molecule has 3 nitrogen and oxygen atoms in total. The molecule has 0 saturated heterocycles. The highest BCUT2D eigenvalue weighted by atomic mass is 31.1. The van der Waals surface area contributed by atoms with E-state index in [9.17, 15) is 0 Å². The van der Waals surface area contributed by atoms with Crippen LogP contribution in [0.4, 0.5) is 0 Å². The van der Waals surface area contributed by atoms with E-state index in [1.807, 2.05) is 0 Å². The maximum absolute atomic E-state index is 6.62. The van der Waals surface area contributed by atoms with Crippen LogP contribution in [0.5, 0.6) is 0 Å². The molecule has 5 rings (SSSR count). The van der Waals surface area contributed by atoms with Crippen molar-refractivity contribution in [1.29, 1.82) is 0 Å². The minimum absolute atomic E-state index is 0.490. The molecule has 0 fully saturated rings. The molecule has 0 amide bonds. The van der Waals surface area contributed by atoms with Crippen LogP contribution in [0.2, 0.25) is 0 Å². The van der Waals surface area contributed by atoms with Crippen LogP contribution in [-0.4, -0.2) is 23.5 Å². The molecule has 4 heteroatoms. The molecule has 0 unspecified atom stereocenters. The summed E-state index contributed by atoms with van der Waals surface area (Å²) in [6.45, 7) is 9.97. The summed E-state index contributed by atoms with van der Waals surface area (Å²) >= 11 is 0. The average molecular weight is 444 g/mol. The third-order valence-corrected chi connectivity index (χ3v) is 7.67. The van der Waals surface area contributed by atoms with E-state index >= 15 is 0 Å². The van der Waals surface area contributed by atoms with E-state index in [0.29, 0.717) is 12.1 Å². The van der Waals surface area contributed by atoms with Gasteiger partial charge in [0.05, 0.1) is 6.16 Å². The van der Waals surface area contributed by atoms with Crippen molar-refractivity contribution in [1.82, 2.24) is 4.90 Å². The van der Waals surface area contributed by atoms with Gasteiger partial charge in [-0.15, -0.1) is 0 Å². The molecule has 0 aliphatic rings. The quantitative estimate of drug-likeness (QED) is 0.272. The Morgan fingerprint density at radius 1 is 0.656 bits per heavy atom. The molecule has 5 aromatic rings. The van der Waals surface area contributed by atoms with Gasteiger partial charge >= 0.3 is 0 Å². The number of hydrogen-bond donors (Lipinski definition) is 0. The number of nitrogens with zero attached hydrogens (tertiary/aromatic N) is 1.